The number of aliphatic hydroxyl groups is 1. The molecular weight excluding hydrogens is 172 g/mol. The quantitative estimate of drug-likeness (QED) is 0.718. The van der Waals surface area contributed by atoms with Crippen molar-refractivity contribution in [2.75, 3.05) is 0 Å². The van der Waals surface area contributed by atoms with Crippen LogP contribution in [-0.4, -0.2) is 11.2 Å². The molecule has 1 nitrogen and oxygen atoms in total. The minimum atomic E-state index is -0.114. The van der Waals surface area contributed by atoms with Crippen LogP contribution in [0.2, 0.25) is 0 Å². The maximum atomic E-state index is 10.2. The molecule has 1 aliphatic rings. The Morgan fingerprint density at radius 3 is 2.43 bits per heavy atom. The van der Waals surface area contributed by atoms with Crippen molar-refractivity contribution >= 4 is 0 Å². The number of aliphatic hydroxyl groups excluding tert-OH is 1. The lowest BCUT2D eigenvalue weighted by atomic mass is 9.71. The van der Waals surface area contributed by atoms with E-state index in [4.69, 9.17) is 0 Å². The van der Waals surface area contributed by atoms with Crippen LogP contribution in [0.15, 0.2) is 0 Å². The molecule has 14 heavy (non-hydrogen) atoms. The summed E-state index contributed by atoms with van der Waals surface area (Å²) in [5.74, 6) is 1.42. The second-order valence-electron chi connectivity index (χ2n) is 6.01. The smallest absolute Gasteiger partial charge is 0.0616 e. The number of hydrogen-bond acceptors (Lipinski definition) is 1. The van der Waals surface area contributed by atoms with E-state index in [0.29, 0.717) is 5.92 Å². The number of rotatable bonds is 2. The van der Waals surface area contributed by atoms with Crippen molar-refractivity contribution in [3.63, 3.8) is 0 Å². The van der Waals surface area contributed by atoms with Gasteiger partial charge in [-0.1, -0.05) is 47.0 Å². The second kappa shape index (κ2) is 4.65. The highest BCUT2D eigenvalue weighted by molar-refractivity contribution is 4.84. The summed E-state index contributed by atoms with van der Waals surface area (Å²) < 4.78 is 0. The summed E-state index contributed by atoms with van der Waals surface area (Å²) in [5.41, 5.74) is 0.0559. The fourth-order valence-corrected chi connectivity index (χ4v) is 2.70. The Labute approximate surface area is 88.9 Å². The molecule has 0 spiro atoms. The van der Waals surface area contributed by atoms with E-state index >= 15 is 0 Å². The van der Waals surface area contributed by atoms with E-state index in [1.165, 1.54) is 32.1 Å². The highest BCUT2D eigenvalue weighted by Crippen LogP contribution is 2.37. The van der Waals surface area contributed by atoms with E-state index in [0.717, 1.165) is 5.92 Å². The molecule has 1 rings (SSSR count). The zero-order valence-electron chi connectivity index (χ0n) is 10.2. The van der Waals surface area contributed by atoms with E-state index < -0.39 is 0 Å². The van der Waals surface area contributed by atoms with Gasteiger partial charge in [-0.25, -0.2) is 0 Å². The molecule has 3 unspecified atom stereocenters. The molecule has 0 saturated heterocycles. The average Bonchev–Trinajstić information content (AvgIpc) is 2.15. The van der Waals surface area contributed by atoms with E-state index in [-0.39, 0.29) is 11.5 Å². The maximum Gasteiger partial charge on any atom is 0.0616 e. The molecule has 1 fully saturated rings. The van der Waals surface area contributed by atoms with E-state index in [1.807, 2.05) is 0 Å². The lowest BCUT2D eigenvalue weighted by Crippen LogP contribution is -2.36. The summed E-state index contributed by atoms with van der Waals surface area (Å²) in [6.45, 7) is 8.71. The summed E-state index contributed by atoms with van der Waals surface area (Å²) in [7, 11) is 0. The first-order valence-electron chi connectivity index (χ1n) is 6.13. The van der Waals surface area contributed by atoms with Crippen molar-refractivity contribution in [3.05, 3.63) is 0 Å². The van der Waals surface area contributed by atoms with Crippen molar-refractivity contribution in [2.24, 2.45) is 17.3 Å². The van der Waals surface area contributed by atoms with Gasteiger partial charge in [0.2, 0.25) is 0 Å². The lowest BCUT2D eigenvalue weighted by molar-refractivity contribution is -0.0110. The molecule has 0 aromatic heterocycles. The van der Waals surface area contributed by atoms with Crippen molar-refractivity contribution < 1.29 is 5.11 Å². The molecule has 0 radical (unpaired) electrons. The van der Waals surface area contributed by atoms with Gasteiger partial charge in [0.25, 0.3) is 0 Å². The summed E-state index contributed by atoms with van der Waals surface area (Å²) in [6, 6.07) is 0. The topological polar surface area (TPSA) is 20.2 Å². The summed E-state index contributed by atoms with van der Waals surface area (Å²) >= 11 is 0. The van der Waals surface area contributed by atoms with E-state index in [1.54, 1.807) is 0 Å². The molecular formula is C13H26O. The summed E-state index contributed by atoms with van der Waals surface area (Å²) in [4.78, 5) is 0. The van der Waals surface area contributed by atoms with Crippen LogP contribution in [0.4, 0.5) is 0 Å². The lowest BCUT2D eigenvalue weighted by Gasteiger charge is -2.37. The molecule has 0 bridgehead atoms. The van der Waals surface area contributed by atoms with Gasteiger partial charge in [0.1, 0.15) is 0 Å². The molecule has 1 N–H and O–H groups in total. The zero-order valence-corrected chi connectivity index (χ0v) is 10.2. The zero-order chi connectivity index (χ0) is 10.8. The van der Waals surface area contributed by atoms with Crippen LogP contribution in [-0.2, 0) is 0 Å². The van der Waals surface area contributed by atoms with Crippen LogP contribution in [0.1, 0.15) is 59.8 Å². The van der Waals surface area contributed by atoms with Crippen LogP contribution in [0, 0.1) is 17.3 Å². The first-order valence-corrected chi connectivity index (χ1v) is 6.13. The molecule has 84 valence electrons. The van der Waals surface area contributed by atoms with Crippen molar-refractivity contribution in [1.29, 1.82) is 0 Å². The maximum absolute atomic E-state index is 10.2. The largest absolute Gasteiger partial charge is 0.392 e. The predicted molar refractivity (Wildman–Crippen MR) is 61.2 cm³/mol. The van der Waals surface area contributed by atoms with Crippen LogP contribution in [0.5, 0.6) is 0 Å². The average molecular weight is 198 g/mol. The standard InChI is InChI=1S/C13H26O/c1-5-10-7-6-8-11(9-10)12(14)13(2,3)4/h10-12,14H,5-9H2,1-4H3. The van der Waals surface area contributed by atoms with Crippen molar-refractivity contribution in [1.82, 2.24) is 0 Å². The summed E-state index contributed by atoms with van der Waals surface area (Å²) in [6.07, 6.45) is 6.34. The van der Waals surface area contributed by atoms with Gasteiger partial charge in [0.15, 0.2) is 0 Å². The van der Waals surface area contributed by atoms with Gasteiger partial charge in [-0.3, -0.25) is 0 Å². The molecule has 1 saturated carbocycles. The molecule has 0 aromatic carbocycles. The van der Waals surface area contributed by atoms with Crippen molar-refractivity contribution in [2.45, 2.75) is 65.9 Å². The van der Waals surface area contributed by atoms with Crippen LogP contribution in [0.3, 0.4) is 0 Å². The second-order valence-corrected chi connectivity index (χ2v) is 6.01. The Bertz CT molecular complexity index is 169. The molecule has 1 aliphatic carbocycles. The fraction of sp³-hybridized carbons (Fsp3) is 1.00. The van der Waals surface area contributed by atoms with Gasteiger partial charge in [0.05, 0.1) is 6.10 Å². The normalized spacial score (nSPS) is 31.5. The van der Waals surface area contributed by atoms with Crippen LogP contribution in [0.25, 0.3) is 0 Å². The molecule has 3 atom stereocenters. The van der Waals surface area contributed by atoms with E-state index in [2.05, 4.69) is 27.7 Å². The third-order valence-corrected chi connectivity index (χ3v) is 3.73. The first-order chi connectivity index (χ1) is 6.45. The monoisotopic (exact) mass is 198 g/mol. The minimum Gasteiger partial charge on any atom is -0.392 e. The number of hydrogen-bond donors (Lipinski definition) is 1. The molecule has 1 heteroatoms. The fourth-order valence-electron chi connectivity index (χ4n) is 2.70. The Kier molecular flexibility index (Phi) is 4.00. The van der Waals surface area contributed by atoms with Gasteiger partial charge >= 0.3 is 0 Å². The SMILES string of the molecule is CCC1CCCC(C(O)C(C)(C)C)C1. The van der Waals surface area contributed by atoms with Gasteiger partial charge in [-0.05, 0) is 30.1 Å². The Morgan fingerprint density at radius 1 is 1.29 bits per heavy atom. The van der Waals surface area contributed by atoms with Gasteiger partial charge < -0.3 is 5.11 Å². The van der Waals surface area contributed by atoms with Crippen molar-refractivity contribution in [3.8, 4) is 0 Å². The third-order valence-electron chi connectivity index (χ3n) is 3.73. The van der Waals surface area contributed by atoms with Gasteiger partial charge in [-0.15, -0.1) is 0 Å². The highest BCUT2D eigenvalue weighted by Gasteiger charge is 2.33. The molecule has 0 aromatic rings. The van der Waals surface area contributed by atoms with E-state index in [9.17, 15) is 5.11 Å². The third kappa shape index (κ3) is 2.98. The van der Waals surface area contributed by atoms with Gasteiger partial charge in [0, 0.05) is 0 Å². The summed E-state index contributed by atoms with van der Waals surface area (Å²) in [5, 5.41) is 10.2. The first kappa shape index (κ1) is 12.0. The molecule has 0 amide bonds. The van der Waals surface area contributed by atoms with Crippen LogP contribution < -0.4 is 0 Å². The Morgan fingerprint density at radius 2 is 1.93 bits per heavy atom. The minimum absolute atomic E-state index is 0.0559. The molecule has 0 heterocycles. The Balaban J connectivity index is 2.51. The Hall–Kier alpha value is -0.0400. The predicted octanol–water partition coefficient (Wildman–Crippen LogP) is 3.61. The molecule has 0 aliphatic heterocycles. The van der Waals surface area contributed by atoms with Crippen LogP contribution >= 0.6 is 0 Å². The highest BCUT2D eigenvalue weighted by atomic mass is 16.3. The van der Waals surface area contributed by atoms with Gasteiger partial charge in [-0.2, -0.15) is 0 Å².